The van der Waals surface area contributed by atoms with Crippen LogP contribution in [0.3, 0.4) is 0 Å². The Hall–Kier alpha value is -3.30. The third-order valence-corrected chi connectivity index (χ3v) is 7.76. The van der Waals surface area contributed by atoms with Gasteiger partial charge in [-0.1, -0.05) is 41.4 Å². The standard InChI is InChI=1S/C26H29BN4O3S/c1-16-6-7-18(19(27)12-16)15-34-24-5-3-4-20(28-24)17-8-10-31(11-9-17)14-23-29-25-21(30(23)2)13-22(35-25)26(32)33/h3-8,12-13,23,29H,9-11,14-15,27H2,1-2H3,(H,32,33). The molecule has 9 heteroatoms. The summed E-state index contributed by atoms with van der Waals surface area (Å²) >= 11 is 1.30. The summed E-state index contributed by atoms with van der Waals surface area (Å²) in [5.41, 5.74) is 6.85. The number of likely N-dealkylation sites (N-methyl/N-ethyl adjacent to an activating group) is 1. The Labute approximate surface area is 210 Å². The molecule has 1 unspecified atom stereocenters. The summed E-state index contributed by atoms with van der Waals surface area (Å²) in [7, 11) is 4.13. The van der Waals surface area contributed by atoms with Crippen LogP contribution in [-0.4, -0.2) is 61.7 Å². The average molecular weight is 488 g/mol. The molecule has 5 rings (SSSR count). The molecule has 3 aromatic rings. The minimum atomic E-state index is -0.877. The molecule has 0 saturated heterocycles. The topological polar surface area (TPSA) is 77.9 Å². The smallest absolute Gasteiger partial charge is 0.346 e. The number of aryl methyl sites for hydroxylation is 1. The molecule has 0 bridgehead atoms. The van der Waals surface area contributed by atoms with Gasteiger partial charge >= 0.3 is 5.97 Å². The fourth-order valence-corrected chi connectivity index (χ4v) is 5.60. The predicted octanol–water partition coefficient (Wildman–Crippen LogP) is 2.96. The number of carbonyl (C=O) groups is 1. The van der Waals surface area contributed by atoms with Crippen molar-refractivity contribution in [2.24, 2.45) is 0 Å². The van der Waals surface area contributed by atoms with Crippen LogP contribution in [0.4, 0.5) is 10.7 Å². The monoisotopic (exact) mass is 488 g/mol. The Morgan fingerprint density at radius 1 is 1.31 bits per heavy atom. The highest BCUT2D eigenvalue weighted by Gasteiger charge is 2.31. The number of carboxylic acid groups (broad SMARTS) is 1. The van der Waals surface area contributed by atoms with Gasteiger partial charge in [-0.25, -0.2) is 9.78 Å². The lowest BCUT2D eigenvalue weighted by Crippen LogP contribution is -2.44. The Balaban J connectivity index is 1.18. The summed E-state index contributed by atoms with van der Waals surface area (Å²) in [6.07, 6.45) is 3.32. The van der Waals surface area contributed by atoms with Crippen LogP contribution in [0.1, 0.15) is 32.9 Å². The number of nitrogens with one attached hydrogen (secondary N) is 1. The van der Waals surface area contributed by atoms with E-state index >= 15 is 0 Å². The van der Waals surface area contributed by atoms with Crippen LogP contribution < -0.4 is 20.4 Å². The zero-order chi connectivity index (χ0) is 24.5. The van der Waals surface area contributed by atoms with Gasteiger partial charge in [0.15, 0.2) is 0 Å². The van der Waals surface area contributed by atoms with Crippen molar-refractivity contribution in [3.8, 4) is 5.88 Å². The van der Waals surface area contributed by atoms with E-state index in [9.17, 15) is 9.90 Å². The first kappa shape index (κ1) is 23.4. The maximum absolute atomic E-state index is 11.2. The third kappa shape index (κ3) is 5.06. The molecule has 1 aromatic carbocycles. The minimum Gasteiger partial charge on any atom is -0.477 e. The Morgan fingerprint density at radius 3 is 2.89 bits per heavy atom. The van der Waals surface area contributed by atoms with Crippen molar-refractivity contribution in [1.29, 1.82) is 0 Å². The van der Waals surface area contributed by atoms with E-state index in [2.05, 4.69) is 60.2 Å². The molecule has 4 heterocycles. The van der Waals surface area contributed by atoms with E-state index in [0.29, 0.717) is 17.4 Å². The summed E-state index contributed by atoms with van der Waals surface area (Å²) in [6.45, 7) is 5.26. The lowest BCUT2D eigenvalue weighted by Gasteiger charge is -2.31. The highest BCUT2D eigenvalue weighted by atomic mass is 32.1. The fourth-order valence-electron chi connectivity index (χ4n) is 4.62. The van der Waals surface area contributed by atoms with Gasteiger partial charge in [0, 0.05) is 32.7 Å². The van der Waals surface area contributed by atoms with Crippen molar-refractivity contribution in [2.75, 3.05) is 36.9 Å². The maximum atomic E-state index is 11.2. The molecule has 0 aliphatic carbocycles. The number of hydrogen-bond acceptors (Lipinski definition) is 7. The molecule has 0 saturated carbocycles. The number of aromatic nitrogens is 1. The molecule has 2 aliphatic rings. The number of hydrogen-bond donors (Lipinski definition) is 2. The summed E-state index contributed by atoms with van der Waals surface area (Å²) < 4.78 is 6.01. The molecule has 2 aromatic heterocycles. The van der Waals surface area contributed by atoms with Gasteiger partial charge < -0.3 is 20.1 Å². The molecule has 180 valence electrons. The van der Waals surface area contributed by atoms with Crippen molar-refractivity contribution in [3.05, 3.63) is 70.2 Å². The van der Waals surface area contributed by atoms with Crippen LogP contribution in [0.5, 0.6) is 5.88 Å². The summed E-state index contributed by atoms with van der Waals surface area (Å²) in [4.78, 5) is 20.9. The van der Waals surface area contributed by atoms with Gasteiger partial charge in [-0.15, -0.1) is 11.3 Å². The first-order chi connectivity index (χ1) is 16.9. The SMILES string of the molecule is Bc1cc(C)ccc1COc1cccc(C2=CCN(CC3Nc4sc(C(=O)O)cc4N3C)CC2)n1. The number of pyridine rings is 1. The summed E-state index contributed by atoms with van der Waals surface area (Å²) in [6, 6.07) is 14.1. The highest BCUT2D eigenvalue weighted by Crippen LogP contribution is 2.41. The van der Waals surface area contributed by atoms with Crippen LogP contribution in [0.25, 0.3) is 5.57 Å². The van der Waals surface area contributed by atoms with E-state index in [0.717, 1.165) is 42.4 Å². The average Bonchev–Trinajstić information content (AvgIpc) is 3.39. The van der Waals surface area contributed by atoms with Crippen molar-refractivity contribution in [1.82, 2.24) is 9.88 Å². The zero-order valence-corrected chi connectivity index (χ0v) is 21.1. The second-order valence-electron chi connectivity index (χ2n) is 9.22. The number of anilines is 2. The summed E-state index contributed by atoms with van der Waals surface area (Å²) in [5, 5.41) is 13.6. The third-order valence-electron chi connectivity index (χ3n) is 6.72. The number of ether oxygens (including phenoxy) is 1. The molecule has 2 N–H and O–H groups in total. The molecule has 0 spiro atoms. The van der Waals surface area contributed by atoms with Gasteiger partial charge in [0.2, 0.25) is 5.88 Å². The van der Waals surface area contributed by atoms with Crippen LogP contribution in [0.15, 0.2) is 48.5 Å². The molecule has 0 amide bonds. The number of fused-ring (bicyclic) bond motifs is 1. The molecule has 0 fully saturated rings. The molecule has 2 aliphatic heterocycles. The molecular weight excluding hydrogens is 459 g/mol. The predicted molar refractivity (Wildman–Crippen MR) is 144 cm³/mol. The van der Waals surface area contributed by atoms with E-state index in [1.54, 1.807) is 6.07 Å². The quantitative estimate of drug-likeness (QED) is 0.496. The highest BCUT2D eigenvalue weighted by molar-refractivity contribution is 7.18. The van der Waals surface area contributed by atoms with Crippen molar-refractivity contribution >= 4 is 46.9 Å². The number of thiophene rings is 1. The maximum Gasteiger partial charge on any atom is 0.346 e. The van der Waals surface area contributed by atoms with Crippen molar-refractivity contribution < 1.29 is 14.6 Å². The molecule has 7 nitrogen and oxygen atoms in total. The van der Waals surface area contributed by atoms with Crippen LogP contribution in [-0.2, 0) is 6.61 Å². The van der Waals surface area contributed by atoms with Crippen LogP contribution >= 0.6 is 11.3 Å². The van der Waals surface area contributed by atoms with E-state index in [-0.39, 0.29) is 6.17 Å². The first-order valence-electron chi connectivity index (χ1n) is 11.8. The van der Waals surface area contributed by atoms with E-state index in [1.165, 1.54) is 33.5 Å². The number of benzene rings is 1. The molecule has 1 atom stereocenters. The second kappa shape index (κ2) is 9.75. The van der Waals surface area contributed by atoms with E-state index in [4.69, 9.17) is 9.72 Å². The van der Waals surface area contributed by atoms with Crippen molar-refractivity contribution in [2.45, 2.75) is 26.1 Å². The fraction of sp³-hybridized carbons (Fsp3) is 0.308. The Bertz CT molecular complexity index is 1290. The van der Waals surface area contributed by atoms with Gasteiger partial charge in [-0.3, -0.25) is 4.90 Å². The molecule has 0 radical (unpaired) electrons. The van der Waals surface area contributed by atoms with Gasteiger partial charge in [-0.05, 0) is 36.6 Å². The van der Waals surface area contributed by atoms with E-state index in [1.807, 2.05) is 19.2 Å². The largest absolute Gasteiger partial charge is 0.477 e. The normalized spacial score (nSPS) is 17.6. The first-order valence-corrected chi connectivity index (χ1v) is 12.6. The molecule has 35 heavy (non-hydrogen) atoms. The number of carboxylic acids is 1. The van der Waals surface area contributed by atoms with Crippen LogP contribution in [0, 0.1) is 6.92 Å². The minimum absolute atomic E-state index is 0.133. The van der Waals surface area contributed by atoms with Gasteiger partial charge in [0.1, 0.15) is 30.5 Å². The van der Waals surface area contributed by atoms with Crippen molar-refractivity contribution in [3.63, 3.8) is 0 Å². The Morgan fingerprint density at radius 2 is 2.17 bits per heavy atom. The second-order valence-corrected chi connectivity index (χ2v) is 10.3. The number of rotatable bonds is 7. The zero-order valence-electron chi connectivity index (χ0n) is 20.2. The lowest BCUT2D eigenvalue weighted by atomic mass is 9.89. The van der Waals surface area contributed by atoms with Gasteiger partial charge in [-0.2, -0.15) is 0 Å². The Kier molecular flexibility index (Phi) is 6.53. The summed E-state index contributed by atoms with van der Waals surface area (Å²) in [5.74, 6) is -0.229. The van der Waals surface area contributed by atoms with Gasteiger partial charge in [0.25, 0.3) is 0 Å². The van der Waals surface area contributed by atoms with Gasteiger partial charge in [0.05, 0.1) is 11.4 Å². The van der Waals surface area contributed by atoms with E-state index < -0.39 is 5.97 Å². The molecular formula is C26H29BN4O3S. The number of nitrogens with zero attached hydrogens (tertiary/aromatic N) is 3. The van der Waals surface area contributed by atoms with Crippen LogP contribution in [0.2, 0.25) is 0 Å². The lowest BCUT2D eigenvalue weighted by molar-refractivity contribution is 0.0702. The number of aromatic carboxylic acids is 1.